The maximum Gasteiger partial charge on any atom is 0.224 e. The van der Waals surface area contributed by atoms with E-state index in [1.165, 1.54) is 36.8 Å². The van der Waals surface area contributed by atoms with Crippen molar-refractivity contribution in [2.75, 3.05) is 10.6 Å². The maximum atomic E-state index is 12.4. The van der Waals surface area contributed by atoms with Crippen molar-refractivity contribution in [3.8, 4) is 0 Å². The average Bonchev–Trinajstić information content (AvgIpc) is 2.53. The number of hydrogen-bond acceptors (Lipinski definition) is 1. The van der Waals surface area contributed by atoms with Gasteiger partial charge in [0.2, 0.25) is 5.91 Å². The zero-order valence-corrected chi connectivity index (χ0v) is 17.4. The molecule has 1 aromatic rings. The highest BCUT2D eigenvalue weighted by Crippen LogP contribution is 2.32. The van der Waals surface area contributed by atoms with Crippen LogP contribution in [0, 0.1) is 0 Å². The first-order valence-electron chi connectivity index (χ1n) is 9.46. The monoisotopic (exact) mass is 395 g/mol. The van der Waals surface area contributed by atoms with Gasteiger partial charge in [-0.15, -0.1) is 0 Å². The molecule has 0 spiro atoms. The summed E-state index contributed by atoms with van der Waals surface area (Å²) in [7, 11) is 0. The van der Waals surface area contributed by atoms with Gasteiger partial charge in [-0.2, -0.15) is 0 Å². The Balaban J connectivity index is 2.54. The van der Waals surface area contributed by atoms with Crippen molar-refractivity contribution in [3.05, 3.63) is 29.3 Å². The molecule has 136 valence electrons. The van der Waals surface area contributed by atoms with E-state index >= 15 is 0 Å². The third-order valence-corrected chi connectivity index (χ3v) is 4.99. The van der Waals surface area contributed by atoms with Gasteiger partial charge in [-0.1, -0.05) is 87.5 Å². The molecule has 0 saturated carbocycles. The van der Waals surface area contributed by atoms with Crippen molar-refractivity contribution in [1.29, 1.82) is 0 Å². The zero-order chi connectivity index (χ0) is 17.9. The van der Waals surface area contributed by atoms with E-state index in [-0.39, 0.29) is 5.91 Å². The molecule has 24 heavy (non-hydrogen) atoms. The minimum Gasteiger partial charge on any atom is -0.326 e. The summed E-state index contributed by atoms with van der Waals surface area (Å²) in [5.74, 6) is 0.979. The summed E-state index contributed by atoms with van der Waals surface area (Å²) in [6, 6.07) is 6.37. The lowest BCUT2D eigenvalue weighted by atomic mass is 9.92. The zero-order valence-electron chi connectivity index (χ0n) is 15.8. The number of benzene rings is 1. The van der Waals surface area contributed by atoms with Gasteiger partial charge < -0.3 is 5.32 Å². The summed E-state index contributed by atoms with van der Waals surface area (Å²) in [6.45, 7) is 8.73. The van der Waals surface area contributed by atoms with Gasteiger partial charge in [-0.05, 0) is 35.8 Å². The molecule has 0 aliphatic heterocycles. The molecule has 0 saturated heterocycles. The predicted octanol–water partition coefficient (Wildman–Crippen LogP) is 7.00. The molecule has 0 unspecified atom stereocenters. The SMILES string of the molecule is CC(C)c1cccc(C(C)C)c1NC(=O)CCCCCCCCBr. The summed E-state index contributed by atoms with van der Waals surface area (Å²) in [5, 5.41) is 4.31. The topological polar surface area (TPSA) is 29.1 Å². The number of carbonyl (C=O) groups excluding carboxylic acids is 1. The number of unbranched alkanes of at least 4 members (excludes halogenated alkanes) is 5. The van der Waals surface area contributed by atoms with Crippen LogP contribution in [-0.4, -0.2) is 11.2 Å². The van der Waals surface area contributed by atoms with Crippen LogP contribution in [0.5, 0.6) is 0 Å². The molecular weight excluding hydrogens is 362 g/mol. The van der Waals surface area contributed by atoms with E-state index in [1.54, 1.807) is 0 Å². The maximum absolute atomic E-state index is 12.4. The van der Waals surface area contributed by atoms with Gasteiger partial charge in [0, 0.05) is 17.4 Å². The van der Waals surface area contributed by atoms with E-state index in [4.69, 9.17) is 0 Å². The summed E-state index contributed by atoms with van der Waals surface area (Å²) >= 11 is 3.46. The minimum absolute atomic E-state index is 0.158. The number of nitrogens with one attached hydrogen (secondary N) is 1. The first-order valence-corrected chi connectivity index (χ1v) is 10.6. The lowest BCUT2D eigenvalue weighted by molar-refractivity contribution is -0.116. The Kier molecular flexibility index (Phi) is 10.3. The van der Waals surface area contributed by atoms with Gasteiger partial charge in [0.1, 0.15) is 0 Å². The van der Waals surface area contributed by atoms with Crippen molar-refractivity contribution in [3.63, 3.8) is 0 Å². The highest BCUT2D eigenvalue weighted by Gasteiger charge is 2.15. The number of halogens is 1. The fraction of sp³-hybridized carbons (Fsp3) is 0.667. The number of carbonyl (C=O) groups is 1. The third-order valence-electron chi connectivity index (χ3n) is 4.42. The Bertz CT molecular complexity index is 470. The van der Waals surface area contributed by atoms with E-state index in [0.29, 0.717) is 18.3 Å². The number of alkyl halides is 1. The number of amides is 1. The molecule has 1 rings (SSSR count). The molecular formula is C21H34BrNO. The number of anilines is 1. The van der Waals surface area contributed by atoms with Gasteiger partial charge in [0.15, 0.2) is 0 Å². The third kappa shape index (κ3) is 7.38. The highest BCUT2D eigenvalue weighted by atomic mass is 79.9. The van der Waals surface area contributed by atoms with Crippen LogP contribution in [0.3, 0.4) is 0 Å². The summed E-state index contributed by atoms with van der Waals surface area (Å²) < 4.78 is 0. The number of hydrogen-bond donors (Lipinski definition) is 1. The van der Waals surface area contributed by atoms with Crippen molar-refractivity contribution in [1.82, 2.24) is 0 Å². The Labute approximate surface area is 156 Å². The molecule has 3 heteroatoms. The van der Waals surface area contributed by atoms with Crippen LogP contribution in [0.15, 0.2) is 18.2 Å². The average molecular weight is 396 g/mol. The fourth-order valence-corrected chi connectivity index (χ4v) is 3.38. The second kappa shape index (κ2) is 11.7. The van der Waals surface area contributed by atoms with Crippen molar-refractivity contribution in [2.45, 2.75) is 84.5 Å². The van der Waals surface area contributed by atoms with Gasteiger partial charge in [-0.3, -0.25) is 4.79 Å². The molecule has 1 aromatic carbocycles. The Morgan fingerprint density at radius 1 is 0.917 bits per heavy atom. The standard InChI is InChI=1S/C21H34BrNO/c1-16(2)18-12-11-13-19(17(3)4)21(18)23-20(24)14-9-7-5-6-8-10-15-22/h11-13,16-17H,5-10,14-15H2,1-4H3,(H,23,24). The van der Waals surface area contributed by atoms with Crippen LogP contribution in [0.1, 0.15) is 95.6 Å². The minimum atomic E-state index is 0.158. The quantitative estimate of drug-likeness (QED) is 0.317. The van der Waals surface area contributed by atoms with Gasteiger partial charge >= 0.3 is 0 Å². The van der Waals surface area contributed by atoms with E-state index in [2.05, 4.69) is 67.1 Å². The van der Waals surface area contributed by atoms with E-state index in [0.717, 1.165) is 23.9 Å². The fourth-order valence-electron chi connectivity index (χ4n) is 2.98. The summed E-state index contributed by atoms with van der Waals surface area (Å²) in [5.41, 5.74) is 3.53. The van der Waals surface area contributed by atoms with Gasteiger partial charge in [0.25, 0.3) is 0 Å². The molecule has 0 heterocycles. The van der Waals surface area contributed by atoms with Crippen LogP contribution >= 0.6 is 15.9 Å². The Morgan fingerprint density at radius 2 is 1.42 bits per heavy atom. The second-order valence-corrected chi connectivity index (χ2v) is 8.02. The molecule has 0 radical (unpaired) electrons. The lowest BCUT2D eigenvalue weighted by Crippen LogP contribution is -2.15. The Hall–Kier alpha value is -0.830. The van der Waals surface area contributed by atoms with Crippen LogP contribution in [-0.2, 0) is 4.79 Å². The summed E-state index contributed by atoms with van der Waals surface area (Å²) in [6.07, 6.45) is 7.82. The van der Waals surface area contributed by atoms with Crippen LogP contribution in [0.2, 0.25) is 0 Å². The van der Waals surface area contributed by atoms with Crippen molar-refractivity contribution in [2.24, 2.45) is 0 Å². The Morgan fingerprint density at radius 3 is 1.92 bits per heavy atom. The molecule has 0 atom stereocenters. The van der Waals surface area contributed by atoms with Crippen molar-refractivity contribution >= 4 is 27.5 Å². The smallest absolute Gasteiger partial charge is 0.224 e. The molecule has 0 aliphatic rings. The molecule has 0 bridgehead atoms. The predicted molar refractivity (Wildman–Crippen MR) is 109 cm³/mol. The molecule has 2 nitrogen and oxygen atoms in total. The molecule has 1 amide bonds. The first kappa shape index (κ1) is 21.2. The normalized spacial score (nSPS) is 11.3. The molecule has 1 N–H and O–H groups in total. The van der Waals surface area contributed by atoms with E-state index in [1.807, 2.05) is 0 Å². The summed E-state index contributed by atoms with van der Waals surface area (Å²) in [4.78, 5) is 12.4. The number of para-hydroxylation sites is 1. The second-order valence-electron chi connectivity index (χ2n) is 7.23. The van der Waals surface area contributed by atoms with Crippen LogP contribution < -0.4 is 5.32 Å². The van der Waals surface area contributed by atoms with Crippen molar-refractivity contribution < 1.29 is 4.79 Å². The lowest BCUT2D eigenvalue weighted by Gasteiger charge is -2.20. The number of rotatable bonds is 11. The van der Waals surface area contributed by atoms with Crippen LogP contribution in [0.4, 0.5) is 5.69 Å². The highest BCUT2D eigenvalue weighted by molar-refractivity contribution is 9.09. The van der Waals surface area contributed by atoms with Crippen LogP contribution in [0.25, 0.3) is 0 Å². The van der Waals surface area contributed by atoms with E-state index in [9.17, 15) is 4.79 Å². The molecule has 0 aromatic heterocycles. The molecule has 0 fully saturated rings. The molecule has 0 aliphatic carbocycles. The van der Waals surface area contributed by atoms with Gasteiger partial charge in [-0.25, -0.2) is 0 Å². The first-order chi connectivity index (χ1) is 11.5. The van der Waals surface area contributed by atoms with Gasteiger partial charge in [0.05, 0.1) is 0 Å². The van der Waals surface area contributed by atoms with E-state index < -0.39 is 0 Å². The largest absolute Gasteiger partial charge is 0.326 e.